The summed E-state index contributed by atoms with van der Waals surface area (Å²) in [5.74, 6) is 3.23. The summed E-state index contributed by atoms with van der Waals surface area (Å²) >= 11 is 0. The number of nitrogens with zero attached hydrogens (tertiary/aromatic N) is 2. The normalized spacial score (nSPS) is 22.1. The molecule has 0 aromatic carbocycles. The number of ketones is 1. The highest BCUT2D eigenvalue weighted by molar-refractivity contribution is 5.83. The van der Waals surface area contributed by atoms with Gasteiger partial charge in [-0.3, -0.25) is 4.79 Å². The van der Waals surface area contributed by atoms with E-state index in [4.69, 9.17) is 0 Å². The van der Waals surface area contributed by atoms with Crippen LogP contribution in [0, 0.1) is 17.3 Å². The summed E-state index contributed by atoms with van der Waals surface area (Å²) in [7, 11) is 0. The molecule has 0 radical (unpaired) electrons. The van der Waals surface area contributed by atoms with E-state index in [1.54, 1.807) is 0 Å². The van der Waals surface area contributed by atoms with E-state index in [2.05, 4.69) is 35.2 Å². The molecule has 2 saturated carbocycles. The van der Waals surface area contributed by atoms with Gasteiger partial charge in [-0.15, -0.1) is 0 Å². The van der Waals surface area contributed by atoms with E-state index in [9.17, 15) is 4.79 Å². The Morgan fingerprint density at radius 2 is 1.81 bits per heavy atom. The molecule has 1 saturated heterocycles. The summed E-state index contributed by atoms with van der Waals surface area (Å²) in [6.45, 7) is 10.6. The number of aromatic nitrogens is 2. The molecule has 1 aromatic rings. The fourth-order valence-corrected chi connectivity index (χ4v) is 4.75. The van der Waals surface area contributed by atoms with Crippen molar-refractivity contribution in [2.75, 3.05) is 13.1 Å². The first-order valence-corrected chi connectivity index (χ1v) is 11.0. The van der Waals surface area contributed by atoms with Crippen molar-refractivity contribution in [3.8, 4) is 0 Å². The highest BCUT2D eigenvalue weighted by atomic mass is 16.1. The van der Waals surface area contributed by atoms with Gasteiger partial charge in [0, 0.05) is 35.6 Å². The quantitative estimate of drug-likeness (QED) is 0.821. The first kappa shape index (κ1) is 20.4. The van der Waals surface area contributed by atoms with Gasteiger partial charge in [-0.25, -0.2) is 9.97 Å². The Kier molecular flexibility index (Phi) is 6.67. The van der Waals surface area contributed by atoms with E-state index in [0.29, 0.717) is 29.0 Å². The minimum absolute atomic E-state index is 0.257. The van der Waals surface area contributed by atoms with Crippen molar-refractivity contribution in [2.45, 2.75) is 84.5 Å². The van der Waals surface area contributed by atoms with E-state index in [1.807, 2.05) is 20.0 Å². The van der Waals surface area contributed by atoms with E-state index >= 15 is 0 Å². The van der Waals surface area contributed by atoms with Crippen LogP contribution in [0.4, 0.5) is 0 Å². The maximum atomic E-state index is 11.6. The Hall–Kier alpha value is -1.29. The van der Waals surface area contributed by atoms with Crippen molar-refractivity contribution in [2.24, 2.45) is 17.3 Å². The molecule has 1 N–H and O–H groups in total. The van der Waals surface area contributed by atoms with Gasteiger partial charge in [0.05, 0.1) is 0 Å². The number of hydrogen-bond donors (Lipinski definition) is 1. The molecule has 2 heterocycles. The van der Waals surface area contributed by atoms with Crippen LogP contribution >= 0.6 is 0 Å². The molecule has 0 bridgehead atoms. The lowest BCUT2D eigenvalue weighted by Crippen LogP contribution is -2.46. The average Bonchev–Trinajstić information content (AvgIpc) is 2.60. The summed E-state index contributed by atoms with van der Waals surface area (Å²) in [6.07, 6.45) is 10.9. The zero-order valence-electron chi connectivity index (χ0n) is 17.6. The van der Waals surface area contributed by atoms with Gasteiger partial charge >= 0.3 is 0 Å². The van der Waals surface area contributed by atoms with Crippen LogP contribution < -0.4 is 5.32 Å². The number of carbonyl (C=O) groups is 1. The van der Waals surface area contributed by atoms with E-state index in [1.165, 1.54) is 50.6 Å². The molecule has 0 atom stereocenters. The van der Waals surface area contributed by atoms with Crippen molar-refractivity contribution < 1.29 is 4.79 Å². The third-order valence-corrected chi connectivity index (χ3v) is 6.71. The van der Waals surface area contributed by atoms with Crippen LogP contribution in [0.5, 0.6) is 0 Å². The molecule has 0 amide bonds. The van der Waals surface area contributed by atoms with Gasteiger partial charge in [-0.1, -0.05) is 34.1 Å². The van der Waals surface area contributed by atoms with Crippen molar-refractivity contribution in [3.05, 3.63) is 23.8 Å². The first-order valence-electron chi connectivity index (χ1n) is 11.0. The zero-order chi connectivity index (χ0) is 19.4. The van der Waals surface area contributed by atoms with Crippen molar-refractivity contribution in [1.82, 2.24) is 15.3 Å². The summed E-state index contributed by atoms with van der Waals surface area (Å²) in [4.78, 5) is 20.5. The second-order valence-electron chi connectivity index (χ2n) is 9.53. The van der Waals surface area contributed by atoms with Gasteiger partial charge in [0.1, 0.15) is 11.6 Å². The highest BCUT2D eigenvalue weighted by Crippen LogP contribution is 2.59. The van der Waals surface area contributed by atoms with E-state index < -0.39 is 0 Å². The predicted molar refractivity (Wildman–Crippen MR) is 110 cm³/mol. The molecule has 3 fully saturated rings. The summed E-state index contributed by atoms with van der Waals surface area (Å²) in [6, 6.07) is 2.07. The first-order chi connectivity index (χ1) is 12.9. The third-order valence-electron chi connectivity index (χ3n) is 6.71. The molecule has 2 aliphatic carbocycles. The lowest BCUT2D eigenvalue weighted by molar-refractivity contribution is -0.137. The molecule has 150 valence electrons. The number of hydrogen-bond acceptors (Lipinski definition) is 4. The van der Waals surface area contributed by atoms with Gasteiger partial charge in [0.25, 0.3) is 0 Å². The molecular weight excluding hydrogens is 334 g/mol. The SMILES string of the molecule is CC(C)C(=O)C1CC2(CCC2)C1.CC(C)c1nccc(C2CCNCC2)n1. The predicted octanol–water partition coefficient (Wildman–Crippen LogP) is 4.86. The van der Waals surface area contributed by atoms with Crippen LogP contribution in [-0.2, 0) is 4.79 Å². The highest BCUT2D eigenvalue weighted by Gasteiger charge is 2.50. The van der Waals surface area contributed by atoms with Crippen LogP contribution in [0.3, 0.4) is 0 Å². The van der Waals surface area contributed by atoms with Gasteiger partial charge in [-0.2, -0.15) is 0 Å². The Morgan fingerprint density at radius 3 is 2.33 bits per heavy atom. The zero-order valence-corrected chi connectivity index (χ0v) is 17.6. The monoisotopic (exact) mass is 371 g/mol. The van der Waals surface area contributed by atoms with Gasteiger partial charge in [0.2, 0.25) is 0 Å². The Balaban J connectivity index is 0.000000159. The van der Waals surface area contributed by atoms with Crippen LogP contribution in [-0.4, -0.2) is 28.8 Å². The van der Waals surface area contributed by atoms with E-state index in [-0.39, 0.29) is 5.92 Å². The number of piperidine rings is 1. The van der Waals surface area contributed by atoms with Gasteiger partial charge < -0.3 is 5.32 Å². The number of carbonyl (C=O) groups excluding carboxylic acids is 1. The van der Waals surface area contributed by atoms with Crippen LogP contribution in [0.25, 0.3) is 0 Å². The third kappa shape index (κ3) is 4.96. The van der Waals surface area contributed by atoms with E-state index in [0.717, 1.165) is 18.9 Å². The maximum Gasteiger partial charge on any atom is 0.138 e. The maximum absolute atomic E-state index is 11.6. The van der Waals surface area contributed by atoms with Crippen molar-refractivity contribution >= 4 is 5.78 Å². The summed E-state index contributed by atoms with van der Waals surface area (Å²) in [5, 5.41) is 3.38. The molecule has 3 aliphatic rings. The molecule has 4 heteroatoms. The summed E-state index contributed by atoms with van der Waals surface area (Å²) in [5.41, 5.74) is 1.89. The second-order valence-corrected chi connectivity index (χ2v) is 9.53. The molecule has 4 rings (SSSR count). The number of Topliss-reactive ketones (excluding diaryl/α,β-unsaturated/α-hetero) is 1. The average molecular weight is 372 g/mol. The molecule has 1 aliphatic heterocycles. The van der Waals surface area contributed by atoms with Crippen molar-refractivity contribution in [3.63, 3.8) is 0 Å². The van der Waals surface area contributed by atoms with Gasteiger partial charge in [0.15, 0.2) is 0 Å². The smallest absolute Gasteiger partial charge is 0.138 e. The van der Waals surface area contributed by atoms with Crippen molar-refractivity contribution in [1.29, 1.82) is 0 Å². The fraction of sp³-hybridized carbons (Fsp3) is 0.783. The molecule has 0 unspecified atom stereocenters. The minimum Gasteiger partial charge on any atom is -0.317 e. The Bertz CT molecular complexity index is 622. The standard InChI is InChI=1S/C12H19N3.C11H18O/c1-9(2)12-14-8-5-11(15-12)10-3-6-13-7-4-10;1-8(2)10(12)9-6-11(7-9)4-3-5-11/h5,8-10,13H,3-4,6-7H2,1-2H3;8-9H,3-7H2,1-2H3. The molecule has 1 aromatic heterocycles. The number of rotatable bonds is 4. The lowest BCUT2D eigenvalue weighted by atomic mass is 9.50. The molecule has 27 heavy (non-hydrogen) atoms. The lowest BCUT2D eigenvalue weighted by Gasteiger charge is -2.54. The molecule has 4 nitrogen and oxygen atoms in total. The molecular formula is C23H37N3O. The Labute approximate surface area is 165 Å². The van der Waals surface area contributed by atoms with Gasteiger partial charge in [-0.05, 0) is 63.1 Å². The van der Waals surface area contributed by atoms with Crippen LogP contribution in [0.15, 0.2) is 12.3 Å². The van der Waals surface area contributed by atoms with Crippen LogP contribution in [0.2, 0.25) is 0 Å². The second kappa shape index (κ2) is 8.81. The Morgan fingerprint density at radius 1 is 1.15 bits per heavy atom. The minimum atomic E-state index is 0.257. The topological polar surface area (TPSA) is 54.9 Å². The fourth-order valence-electron chi connectivity index (χ4n) is 4.75. The molecule has 1 spiro atoms. The number of nitrogens with one attached hydrogen (secondary N) is 1. The largest absolute Gasteiger partial charge is 0.317 e. The van der Waals surface area contributed by atoms with Crippen LogP contribution in [0.1, 0.15) is 96.0 Å². The summed E-state index contributed by atoms with van der Waals surface area (Å²) < 4.78 is 0.